The van der Waals surface area contributed by atoms with Gasteiger partial charge in [-0.1, -0.05) is 20.8 Å². The monoisotopic (exact) mass is 247 g/mol. The lowest BCUT2D eigenvalue weighted by atomic mass is 9.69. The third-order valence-corrected chi connectivity index (χ3v) is 6.24. The molecule has 0 saturated heterocycles. The molecule has 3 nitrogen and oxygen atoms in total. The number of nitrogens with zero attached hydrogens (tertiary/aromatic N) is 1. The fourth-order valence-electron chi connectivity index (χ4n) is 4.30. The lowest BCUT2D eigenvalue weighted by molar-refractivity contribution is 0.120. The van der Waals surface area contributed by atoms with Crippen molar-refractivity contribution in [3.8, 4) is 0 Å². The summed E-state index contributed by atoms with van der Waals surface area (Å²) in [6.07, 6.45) is 5.93. The van der Waals surface area contributed by atoms with Crippen molar-refractivity contribution in [2.24, 2.45) is 16.7 Å². The number of aryl methyl sites for hydroxylation is 1. The zero-order chi connectivity index (χ0) is 13.0. The van der Waals surface area contributed by atoms with Gasteiger partial charge in [0.05, 0.1) is 12.0 Å². The maximum Gasteiger partial charge on any atom is 0.0925 e. The van der Waals surface area contributed by atoms with Gasteiger partial charge in [0.15, 0.2) is 0 Å². The molecule has 3 unspecified atom stereocenters. The van der Waals surface area contributed by atoms with Crippen LogP contribution in [-0.2, 0) is 6.54 Å². The van der Waals surface area contributed by atoms with Crippen LogP contribution < -0.4 is 5.32 Å². The topological polar surface area (TPSA) is 40.7 Å². The van der Waals surface area contributed by atoms with Gasteiger partial charge < -0.3 is 10.3 Å². The second-order valence-corrected chi connectivity index (χ2v) is 7.02. The van der Waals surface area contributed by atoms with E-state index in [1.807, 2.05) is 0 Å². The molecule has 2 N–H and O–H groups in total. The molecule has 2 bridgehead atoms. The Morgan fingerprint density at radius 1 is 1.44 bits per heavy atom. The number of hydrogen-bond acceptors (Lipinski definition) is 2. The molecule has 2 saturated carbocycles. The molecule has 0 radical (unpaired) electrons. The molecule has 3 atom stereocenters. The lowest BCUT2D eigenvalue weighted by Crippen LogP contribution is -2.44. The highest BCUT2D eigenvalue weighted by Gasteiger charge is 2.60. The van der Waals surface area contributed by atoms with E-state index >= 15 is 0 Å². The highest BCUT2D eigenvalue weighted by atomic mass is 15.0. The summed E-state index contributed by atoms with van der Waals surface area (Å²) in [4.78, 5) is 7.53. The van der Waals surface area contributed by atoms with Crippen LogP contribution in [0.2, 0.25) is 0 Å². The first-order valence-corrected chi connectivity index (χ1v) is 7.17. The first-order valence-electron chi connectivity index (χ1n) is 7.17. The molecule has 2 aliphatic carbocycles. The molecule has 1 heterocycles. The highest BCUT2D eigenvalue weighted by Crippen LogP contribution is 2.65. The standard InChI is InChI=1S/C15H25N3/c1-10-12(18-9-17-10)8-16-13-7-11-5-6-15(13,4)14(11,2)3/h9,11,13,16H,5-8H2,1-4H3,(H,17,18). The van der Waals surface area contributed by atoms with Gasteiger partial charge in [0.2, 0.25) is 0 Å². The van der Waals surface area contributed by atoms with Crippen LogP contribution >= 0.6 is 0 Å². The molecule has 0 aromatic carbocycles. The fraction of sp³-hybridized carbons (Fsp3) is 0.800. The van der Waals surface area contributed by atoms with Crippen LogP contribution in [0, 0.1) is 23.7 Å². The van der Waals surface area contributed by atoms with E-state index in [0.29, 0.717) is 16.9 Å². The summed E-state index contributed by atoms with van der Waals surface area (Å²) in [5, 5.41) is 3.77. The van der Waals surface area contributed by atoms with E-state index < -0.39 is 0 Å². The van der Waals surface area contributed by atoms with Crippen molar-refractivity contribution < 1.29 is 0 Å². The molecule has 0 aliphatic heterocycles. The Balaban J connectivity index is 1.71. The van der Waals surface area contributed by atoms with Gasteiger partial charge in [0, 0.05) is 18.3 Å². The Morgan fingerprint density at radius 2 is 2.22 bits per heavy atom. The Morgan fingerprint density at radius 3 is 2.72 bits per heavy atom. The van der Waals surface area contributed by atoms with Crippen LogP contribution in [-0.4, -0.2) is 16.0 Å². The number of H-pyrrole nitrogens is 1. The molecule has 100 valence electrons. The molecule has 1 aromatic rings. The maximum absolute atomic E-state index is 4.38. The van der Waals surface area contributed by atoms with Gasteiger partial charge in [-0.05, 0) is 42.9 Å². The normalized spacial score (nSPS) is 37.3. The average molecular weight is 247 g/mol. The molecule has 1 aromatic heterocycles. The Hall–Kier alpha value is -0.830. The molecular weight excluding hydrogens is 222 g/mol. The minimum atomic E-state index is 0.460. The number of aromatic amines is 1. The van der Waals surface area contributed by atoms with Crippen molar-refractivity contribution in [2.45, 2.75) is 59.5 Å². The zero-order valence-electron chi connectivity index (χ0n) is 12.0. The number of hydrogen-bond donors (Lipinski definition) is 2. The van der Waals surface area contributed by atoms with Crippen LogP contribution in [0.3, 0.4) is 0 Å². The smallest absolute Gasteiger partial charge is 0.0925 e. The number of imidazole rings is 1. The molecule has 2 aliphatic rings. The van der Waals surface area contributed by atoms with Gasteiger partial charge in [-0.3, -0.25) is 0 Å². The quantitative estimate of drug-likeness (QED) is 0.862. The summed E-state index contributed by atoms with van der Waals surface area (Å²) in [6, 6.07) is 0.655. The van der Waals surface area contributed by atoms with Crippen LogP contribution in [0.4, 0.5) is 0 Å². The van der Waals surface area contributed by atoms with Crippen LogP contribution in [0.5, 0.6) is 0 Å². The van der Waals surface area contributed by atoms with Crippen molar-refractivity contribution in [1.82, 2.24) is 15.3 Å². The summed E-state index contributed by atoms with van der Waals surface area (Å²) in [7, 11) is 0. The summed E-state index contributed by atoms with van der Waals surface area (Å²) >= 11 is 0. The summed E-state index contributed by atoms with van der Waals surface area (Å²) in [5.74, 6) is 0.903. The molecule has 3 rings (SSSR count). The maximum atomic E-state index is 4.38. The van der Waals surface area contributed by atoms with Gasteiger partial charge in [-0.2, -0.15) is 0 Å². The number of nitrogens with one attached hydrogen (secondary N) is 2. The first-order chi connectivity index (χ1) is 8.45. The third kappa shape index (κ3) is 1.49. The Bertz CT molecular complexity index is 448. The number of aromatic nitrogens is 2. The van der Waals surface area contributed by atoms with Gasteiger partial charge in [0.25, 0.3) is 0 Å². The highest BCUT2D eigenvalue weighted by molar-refractivity contribution is 5.14. The second-order valence-electron chi connectivity index (χ2n) is 7.02. The minimum Gasteiger partial charge on any atom is -0.348 e. The Kier molecular flexibility index (Phi) is 2.60. The minimum absolute atomic E-state index is 0.460. The van der Waals surface area contributed by atoms with E-state index in [9.17, 15) is 0 Å². The van der Waals surface area contributed by atoms with Crippen LogP contribution in [0.1, 0.15) is 51.4 Å². The predicted molar refractivity (Wildman–Crippen MR) is 73.2 cm³/mol. The largest absolute Gasteiger partial charge is 0.348 e. The summed E-state index contributed by atoms with van der Waals surface area (Å²) in [5.41, 5.74) is 3.31. The molecular formula is C15H25N3. The van der Waals surface area contributed by atoms with E-state index in [4.69, 9.17) is 0 Å². The predicted octanol–water partition coefficient (Wildman–Crippen LogP) is 3.02. The number of rotatable bonds is 3. The van der Waals surface area contributed by atoms with E-state index in [1.165, 1.54) is 30.7 Å². The van der Waals surface area contributed by atoms with E-state index in [-0.39, 0.29) is 0 Å². The molecule has 0 spiro atoms. The van der Waals surface area contributed by atoms with Gasteiger partial charge >= 0.3 is 0 Å². The molecule has 2 fully saturated rings. The fourth-order valence-corrected chi connectivity index (χ4v) is 4.30. The van der Waals surface area contributed by atoms with Crippen molar-refractivity contribution in [3.05, 3.63) is 17.7 Å². The van der Waals surface area contributed by atoms with Gasteiger partial charge in [0.1, 0.15) is 0 Å². The molecule has 3 heteroatoms. The lowest BCUT2D eigenvalue weighted by Gasteiger charge is -2.39. The van der Waals surface area contributed by atoms with Crippen molar-refractivity contribution in [1.29, 1.82) is 0 Å². The first kappa shape index (κ1) is 12.2. The average Bonchev–Trinajstić information content (AvgIpc) is 2.87. The summed E-state index contributed by atoms with van der Waals surface area (Å²) in [6.45, 7) is 10.4. The second kappa shape index (κ2) is 3.83. The van der Waals surface area contributed by atoms with Gasteiger partial charge in [-0.25, -0.2) is 4.98 Å². The van der Waals surface area contributed by atoms with Crippen molar-refractivity contribution in [2.75, 3.05) is 0 Å². The van der Waals surface area contributed by atoms with Crippen LogP contribution in [0.25, 0.3) is 0 Å². The SMILES string of the molecule is Cc1[nH]cnc1CNC1CC2CCC1(C)C2(C)C. The van der Waals surface area contributed by atoms with Crippen molar-refractivity contribution >= 4 is 0 Å². The Labute approximate surface area is 110 Å². The van der Waals surface area contributed by atoms with E-state index in [0.717, 1.165) is 12.5 Å². The zero-order valence-corrected chi connectivity index (χ0v) is 12.0. The van der Waals surface area contributed by atoms with Gasteiger partial charge in [-0.15, -0.1) is 0 Å². The number of fused-ring (bicyclic) bond motifs is 2. The van der Waals surface area contributed by atoms with E-state index in [1.54, 1.807) is 6.33 Å². The van der Waals surface area contributed by atoms with Crippen molar-refractivity contribution in [3.63, 3.8) is 0 Å². The van der Waals surface area contributed by atoms with E-state index in [2.05, 4.69) is 43.0 Å². The molecule has 0 amide bonds. The summed E-state index contributed by atoms with van der Waals surface area (Å²) < 4.78 is 0. The van der Waals surface area contributed by atoms with Crippen LogP contribution in [0.15, 0.2) is 6.33 Å². The molecule has 18 heavy (non-hydrogen) atoms. The third-order valence-electron chi connectivity index (χ3n) is 6.24.